The molecule has 1 heterocycles. The highest BCUT2D eigenvalue weighted by molar-refractivity contribution is 5.98. The number of carboxylic acid groups (broad SMARTS) is 1. The molecule has 1 aliphatic carbocycles. The van der Waals surface area contributed by atoms with Crippen LogP contribution >= 0.6 is 0 Å². The number of benzene rings is 2. The first kappa shape index (κ1) is 27.2. The number of aliphatic carboxylic acids is 1. The molecule has 0 unspecified atom stereocenters. The molecule has 5 nitrogen and oxygen atoms in total. The monoisotopic (exact) mass is 516 g/mol. The van der Waals surface area contributed by atoms with Crippen molar-refractivity contribution in [3.8, 4) is 0 Å². The molecule has 0 radical (unpaired) electrons. The van der Waals surface area contributed by atoms with E-state index in [1.165, 1.54) is 6.07 Å². The highest BCUT2D eigenvalue weighted by Gasteiger charge is 2.36. The van der Waals surface area contributed by atoms with E-state index in [1.54, 1.807) is 12.1 Å². The van der Waals surface area contributed by atoms with Crippen LogP contribution in [0.2, 0.25) is 0 Å². The van der Waals surface area contributed by atoms with Gasteiger partial charge in [0.1, 0.15) is 6.61 Å². The summed E-state index contributed by atoms with van der Waals surface area (Å²) >= 11 is 0. The lowest BCUT2D eigenvalue weighted by Gasteiger charge is -2.37. The van der Waals surface area contributed by atoms with E-state index in [0.717, 1.165) is 55.2 Å². The van der Waals surface area contributed by atoms with Crippen molar-refractivity contribution in [2.75, 3.05) is 13.1 Å². The summed E-state index contributed by atoms with van der Waals surface area (Å²) in [5.74, 6) is -1.06. The molecule has 4 rings (SSSR count). The lowest BCUT2D eigenvalue weighted by atomic mass is 9.81. The second-order valence-electron chi connectivity index (χ2n) is 10.3. The van der Waals surface area contributed by atoms with Crippen molar-refractivity contribution in [1.82, 2.24) is 4.90 Å². The fourth-order valence-corrected chi connectivity index (χ4v) is 5.40. The molecule has 2 aliphatic rings. The van der Waals surface area contributed by atoms with Crippen molar-refractivity contribution in [3.05, 3.63) is 69.8 Å². The standard InChI is InChI=1S/C29H35F3N2O3/c1-3-21-14-23(10-11-24(21)15-34-16-25(17-34)28(35)36)19(2)33-37-18-20-9-12-26(22-7-5-4-6-8-22)27(13-20)29(30,31)32/h9-14,22,25H,3-8,15-18H2,1-2H3,(H,35,36). The zero-order valence-corrected chi connectivity index (χ0v) is 21.5. The van der Waals surface area contributed by atoms with Crippen molar-refractivity contribution >= 4 is 11.7 Å². The zero-order valence-electron chi connectivity index (χ0n) is 21.5. The molecule has 2 fully saturated rings. The molecule has 1 aliphatic heterocycles. The summed E-state index contributed by atoms with van der Waals surface area (Å²) in [7, 11) is 0. The third-order valence-electron chi connectivity index (χ3n) is 7.61. The molecule has 2 aromatic rings. The van der Waals surface area contributed by atoms with Gasteiger partial charge in [-0.1, -0.05) is 55.6 Å². The fourth-order valence-electron chi connectivity index (χ4n) is 5.40. The molecule has 8 heteroatoms. The van der Waals surface area contributed by atoms with Crippen molar-refractivity contribution in [3.63, 3.8) is 0 Å². The number of carboxylic acids is 1. The van der Waals surface area contributed by atoms with Crippen LogP contribution in [0.3, 0.4) is 0 Å². The number of rotatable bonds is 9. The number of hydrogen-bond donors (Lipinski definition) is 1. The average molecular weight is 517 g/mol. The topological polar surface area (TPSA) is 62.1 Å². The molecule has 1 saturated heterocycles. The van der Waals surface area contributed by atoms with Gasteiger partial charge in [-0.15, -0.1) is 0 Å². The Morgan fingerprint density at radius 3 is 2.46 bits per heavy atom. The van der Waals surface area contributed by atoms with Gasteiger partial charge in [0, 0.05) is 19.6 Å². The van der Waals surface area contributed by atoms with Gasteiger partial charge in [-0.25, -0.2) is 0 Å². The number of hydrogen-bond acceptors (Lipinski definition) is 4. The first-order valence-electron chi connectivity index (χ1n) is 13.1. The molecule has 0 amide bonds. The molecule has 0 spiro atoms. The summed E-state index contributed by atoms with van der Waals surface area (Å²) in [5, 5.41) is 13.2. The van der Waals surface area contributed by atoms with Crippen LogP contribution in [-0.2, 0) is 35.4 Å². The van der Waals surface area contributed by atoms with Gasteiger partial charge in [0.2, 0.25) is 0 Å². The van der Waals surface area contributed by atoms with E-state index in [-0.39, 0.29) is 18.4 Å². The van der Waals surface area contributed by atoms with Gasteiger partial charge < -0.3 is 9.94 Å². The van der Waals surface area contributed by atoms with Gasteiger partial charge in [0.15, 0.2) is 0 Å². The van der Waals surface area contributed by atoms with Gasteiger partial charge in [-0.05, 0) is 72.1 Å². The van der Waals surface area contributed by atoms with Crippen molar-refractivity contribution < 1.29 is 27.9 Å². The number of carbonyl (C=O) groups is 1. The van der Waals surface area contributed by atoms with Crippen molar-refractivity contribution in [2.24, 2.45) is 11.1 Å². The van der Waals surface area contributed by atoms with E-state index in [4.69, 9.17) is 9.94 Å². The van der Waals surface area contributed by atoms with Gasteiger partial charge in [0.05, 0.1) is 17.2 Å². The zero-order chi connectivity index (χ0) is 26.6. The Morgan fingerprint density at radius 2 is 1.81 bits per heavy atom. The molecule has 37 heavy (non-hydrogen) atoms. The first-order valence-corrected chi connectivity index (χ1v) is 13.1. The maximum atomic E-state index is 13.8. The van der Waals surface area contributed by atoms with Crippen molar-refractivity contribution in [1.29, 1.82) is 0 Å². The van der Waals surface area contributed by atoms with Gasteiger partial charge in [0.25, 0.3) is 0 Å². The largest absolute Gasteiger partial charge is 0.481 e. The third-order valence-corrected chi connectivity index (χ3v) is 7.61. The van der Waals surface area contributed by atoms with Gasteiger partial charge >= 0.3 is 12.1 Å². The van der Waals surface area contributed by atoms with E-state index >= 15 is 0 Å². The summed E-state index contributed by atoms with van der Waals surface area (Å²) in [5.41, 5.74) is 4.13. The summed E-state index contributed by atoms with van der Waals surface area (Å²) in [4.78, 5) is 18.6. The average Bonchev–Trinajstić information content (AvgIpc) is 2.85. The number of aryl methyl sites for hydroxylation is 1. The number of alkyl halides is 3. The van der Waals surface area contributed by atoms with E-state index in [0.29, 0.717) is 36.5 Å². The molecule has 0 aromatic heterocycles. The molecule has 0 atom stereocenters. The number of nitrogens with zero attached hydrogens (tertiary/aromatic N) is 2. The molecule has 1 saturated carbocycles. The second-order valence-corrected chi connectivity index (χ2v) is 10.3. The van der Waals surface area contributed by atoms with Crippen LogP contribution < -0.4 is 0 Å². The lowest BCUT2D eigenvalue weighted by Crippen LogP contribution is -2.49. The van der Waals surface area contributed by atoms with Crippen molar-refractivity contribution in [2.45, 2.75) is 77.6 Å². The second kappa shape index (κ2) is 11.7. The molecular weight excluding hydrogens is 481 g/mol. The minimum atomic E-state index is -4.40. The van der Waals surface area contributed by atoms with Crippen LogP contribution in [0.4, 0.5) is 13.2 Å². The summed E-state index contributed by atoms with van der Waals surface area (Å²) in [6.45, 7) is 5.67. The Labute approximate surface area is 216 Å². The van der Waals surface area contributed by atoms with Crippen LogP contribution in [0.5, 0.6) is 0 Å². The van der Waals surface area contributed by atoms with E-state index in [9.17, 15) is 18.0 Å². The minimum absolute atomic E-state index is 0.0315. The number of likely N-dealkylation sites (tertiary alicyclic amines) is 1. The molecular formula is C29H35F3N2O3. The Morgan fingerprint density at radius 1 is 1.08 bits per heavy atom. The summed E-state index contributed by atoms with van der Waals surface area (Å²) < 4.78 is 41.5. The van der Waals surface area contributed by atoms with Crippen LogP contribution in [0.25, 0.3) is 0 Å². The van der Waals surface area contributed by atoms with E-state index < -0.39 is 17.7 Å². The molecule has 2 aromatic carbocycles. The predicted molar refractivity (Wildman–Crippen MR) is 136 cm³/mol. The number of halogens is 3. The fraction of sp³-hybridized carbons (Fsp3) is 0.517. The van der Waals surface area contributed by atoms with Crippen LogP contribution in [0, 0.1) is 5.92 Å². The quantitative estimate of drug-likeness (QED) is 0.295. The molecule has 200 valence electrons. The Bertz CT molecular complexity index is 1130. The third kappa shape index (κ3) is 6.72. The normalized spacial score (nSPS) is 18.0. The van der Waals surface area contributed by atoms with Gasteiger partial charge in [-0.2, -0.15) is 13.2 Å². The smallest absolute Gasteiger partial charge is 0.416 e. The summed E-state index contributed by atoms with van der Waals surface area (Å²) in [6.07, 6.45) is 1.08. The number of oxime groups is 1. The lowest BCUT2D eigenvalue weighted by molar-refractivity contribution is -0.147. The Kier molecular flexibility index (Phi) is 8.57. The van der Waals surface area contributed by atoms with Crippen LogP contribution in [0.15, 0.2) is 41.6 Å². The molecule has 1 N–H and O–H groups in total. The Balaban J connectivity index is 1.40. The SMILES string of the molecule is CCc1cc(C(C)=NOCc2ccc(C3CCCCC3)c(C(F)(F)F)c2)ccc1CN1CC(C(=O)O)C1. The van der Waals surface area contributed by atoms with E-state index in [2.05, 4.69) is 17.0 Å². The first-order chi connectivity index (χ1) is 17.7. The maximum Gasteiger partial charge on any atom is 0.416 e. The van der Waals surface area contributed by atoms with Crippen LogP contribution in [-0.4, -0.2) is 34.8 Å². The van der Waals surface area contributed by atoms with Crippen LogP contribution in [0.1, 0.15) is 85.3 Å². The summed E-state index contributed by atoms with van der Waals surface area (Å²) in [6, 6.07) is 10.6. The molecule has 0 bridgehead atoms. The highest BCUT2D eigenvalue weighted by atomic mass is 19.4. The van der Waals surface area contributed by atoms with E-state index in [1.807, 2.05) is 25.1 Å². The predicted octanol–water partition coefficient (Wildman–Crippen LogP) is 6.77. The minimum Gasteiger partial charge on any atom is -0.481 e. The maximum absolute atomic E-state index is 13.8. The highest BCUT2D eigenvalue weighted by Crippen LogP contribution is 2.41. The Hall–Kier alpha value is -2.87. The van der Waals surface area contributed by atoms with Gasteiger partial charge in [-0.3, -0.25) is 9.69 Å².